The highest BCUT2D eigenvalue weighted by atomic mass is 32.1. The van der Waals surface area contributed by atoms with Gasteiger partial charge in [-0.2, -0.15) is 4.98 Å². The molecule has 0 fully saturated rings. The fourth-order valence-electron chi connectivity index (χ4n) is 3.04. The third-order valence-corrected chi connectivity index (χ3v) is 5.62. The molecule has 3 rings (SSSR count). The molecule has 2 heterocycles. The smallest absolute Gasteiger partial charge is 0.251 e. The van der Waals surface area contributed by atoms with Crippen molar-refractivity contribution >= 4 is 34.6 Å². The number of anilines is 1. The van der Waals surface area contributed by atoms with Crippen molar-refractivity contribution in [3.63, 3.8) is 0 Å². The van der Waals surface area contributed by atoms with Crippen LogP contribution in [0.4, 0.5) is 5.13 Å². The number of aldehydes is 1. The van der Waals surface area contributed by atoms with E-state index in [1.54, 1.807) is 38.1 Å². The molecule has 2 amide bonds. The number of aryl methyl sites for hydroxylation is 2. The molecule has 1 atom stereocenters. The third-order valence-electron chi connectivity index (χ3n) is 4.62. The maximum Gasteiger partial charge on any atom is 0.251 e. The maximum absolute atomic E-state index is 12.8. The summed E-state index contributed by atoms with van der Waals surface area (Å²) in [6.45, 7) is 3.83. The van der Waals surface area contributed by atoms with Gasteiger partial charge in [-0.25, -0.2) is 4.98 Å². The highest BCUT2D eigenvalue weighted by Crippen LogP contribution is 2.21. The Morgan fingerprint density at radius 3 is 2.75 bits per heavy atom. The fraction of sp³-hybridized carbons (Fsp3) is 0.333. The number of nitrogens with two attached hydrogens (primary N) is 1. The number of rotatable bonds is 10. The first-order chi connectivity index (χ1) is 15.4. The summed E-state index contributed by atoms with van der Waals surface area (Å²) in [6, 6.07) is 6.43. The van der Waals surface area contributed by atoms with Crippen LogP contribution in [0.25, 0.3) is 11.4 Å². The van der Waals surface area contributed by atoms with Crippen molar-refractivity contribution in [2.75, 3.05) is 11.9 Å². The minimum atomic E-state index is -0.422. The topological polar surface area (TPSA) is 153 Å². The lowest BCUT2D eigenvalue weighted by Gasteiger charge is -2.18. The lowest BCUT2D eigenvalue weighted by molar-refractivity contribution is -0.116. The highest BCUT2D eigenvalue weighted by molar-refractivity contribution is 7.17. The van der Waals surface area contributed by atoms with Gasteiger partial charge in [0.25, 0.3) is 5.91 Å². The summed E-state index contributed by atoms with van der Waals surface area (Å²) >= 11 is 1.11. The van der Waals surface area contributed by atoms with Gasteiger partial charge >= 0.3 is 0 Å². The van der Waals surface area contributed by atoms with Crippen LogP contribution in [-0.2, 0) is 4.79 Å². The van der Waals surface area contributed by atoms with Crippen LogP contribution in [-0.4, -0.2) is 45.8 Å². The Morgan fingerprint density at radius 2 is 2.09 bits per heavy atom. The number of carbonyl (C=O) groups excluding carboxylic acids is 3. The molecule has 0 spiro atoms. The van der Waals surface area contributed by atoms with E-state index in [9.17, 15) is 14.4 Å². The van der Waals surface area contributed by atoms with Crippen LogP contribution >= 0.6 is 11.3 Å². The van der Waals surface area contributed by atoms with Gasteiger partial charge in [0.2, 0.25) is 17.6 Å². The van der Waals surface area contributed by atoms with Gasteiger partial charge < -0.3 is 20.9 Å². The zero-order chi connectivity index (χ0) is 23.1. The SMILES string of the molecule is Cc1nc(-c2cccc(C(=O)N[C@@H](CCCN)CC(=O)Nc3nc(C)c(C=O)s3)c2)no1. The molecule has 0 aliphatic rings. The van der Waals surface area contributed by atoms with E-state index in [0.717, 1.165) is 11.3 Å². The van der Waals surface area contributed by atoms with Gasteiger partial charge in [0, 0.05) is 30.5 Å². The molecule has 0 aliphatic carbocycles. The minimum absolute atomic E-state index is 0.0461. The Morgan fingerprint density at radius 1 is 1.28 bits per heavy atom. The van der Waals surface area contributed by atoms with Crippen LogP contribution in [0.15, 0.2) is 28.8 Å². The number of carbonyl (C=O) groups is 3. The van der Waals surface area contributed by atoms with E-state index in [2.05, 4.69) is 25.8 Å². The van der Waals surface area contributed by atoms with Crippen molar-refractivity contribution < 1.29 is 18.9 Å². The summed E-state index contributed by atoms with van der Waals surface area (Å²) in [5.41, 5.74) is 7.24. The molecular formula is C21H24N6O4S. The molecule has 0 radical (unpaired) electrons. The summed E-state index contributed by atoms with van der Waals surface area (Å²) < 4.78 is 5.00. The molecule has 10 nitrogen and oxygen atoms in total. The Bertz CT molecular complexity index is 1110. The van der Waals surface area contributed by atoms with Crippen molar-refractivity contribution in [3.05, 3.63) is 46.3 Å². The zero-order valence-corrected chi connectivity index (χ0v) is 18.6. The maximum atomic E-state index is 12.8. The average Bonchev–Trinajstić information content (AvgIpc) is 3.36. The molecule has 3 aromatic rings. The first-order valence-corrected chi connectivity index (χ1v) is 10.9. The molecule has 0 saturated carbocycles. The molecular weight excluding hydrogens is 432 g/mol. The van der Waals surface area contributed by atoms with Crippen molar-refractivity contribution in [2.45, 2.75) is 39.2 Å². The molecule has 0 saturated heterocycles. The monoisotopic (exact) mass is 456 g/mol. The average molecular weight is 457 g/mol. The highest BCUT2D eigenvalue weighted by Gasteiger charge is 2.19. The molecule has 168 valence electrons. The summed E-state index contributed by atoms with van der Waals surface area (Å²) in [4.78, 5) is 45.1. The Balaban J connectivity index is 1.67. The first-order valence-electron chi connectivity index (χ1n) is 10.0. The van der Waals surface area contributed by atoms with Gasteiger partial charge in [0.1, 0.15) is 0 Å². The van der Waals surface area contributed by atoms with E-state index in [1.807, 2.05) is 0 Å². The molecule has 2 aromatic heterocycles. The van der Waals surface area contributed by atoms with Crippen LogP contribution in [0.3, 0.4) is 0 Å². The van der Waals surface area contributed by atoms with Crippen molar-refractivity contribution in [3.8, 4) is 11.4 Å². The Labute approximate surface area is 188 Å². The largest absolute Gasteiger partial charge is 0.349 e. The second-order valence-electron chi connectivity index (χ2n) is 7.16. The van der Waals surface area contributed by atoms with E-state index in [1.165, 1.54) is 0 Å². The van der Waals surface area contributed by atoms with E-state index < -0.39 is 6.04 Å². The molecule has 4 N–H and O–H groups in total. The van der Waals surface area contributed by atoms with Crippen molar-refractivity contribution in [1.29, 1.82) is 0 Å². The van der Waals surface area contributed by atoms with Gasteiger partial charge in [0.15, 0.2) is 11.4 Å². The Hall–Kier alpha value is -3.44. The predicted octanol–water partition coefficient (Wildman–Crippen LogP) is 2.49. The number of hydrogen-bond acceptors (Lipinski definition) is 9. The van der Waals surface area contributed by atoms with Crippen LogP contribution in [0, 0.1) is 13.8 Å². The lowest BCUT2D eigenvalue weighted by Crippen LogP contribution is -2.38. The number of hydrogen-bond donors (Lipinski definition) is 3. The number of nitrogens with zero attached hydrogens (tertiary/aromatic N) is 3. The van der Waals surface area contributed by atoms with E-state index in [-0.39, 0.29) is 18.2 Å². The van der Waals surface area contributed by atoms with E-state index >= 15 is 0 Å². The van der Waals surface area contributed by atoms with Gasteiger partial charge in [-0.15, -0.1) is 0 Å². The molecule has 1 aromatic carbocycles. The van der Waals surface area contributed by atoms with Crippen molar-refractivity contribution in [1.82, 2.24) is 20.4 Å². The summed E-state index contributed by atoms with van der Waals surface area (Å²) in [5.74, 6) is 0.188. The number of benzene rings is 1. The number of thiazole rings is 1. The zero-order valence-electron chi connectivity index (χ0n) is 17.8. The quantitative estimate of drug-likeness (QED) is 0.393. The van der Waals surface area contributed by atoms with Crippen LogP contribution < -0.4 is 16.4 Å². The summed E-state index contributed by atoms with van der Waals surface area (Å²) in [7, 11) is 0. The lowest BCUT2D eigenvalue weighted by atomic mass is 10.1. The van der Waals surface area contributed by atoms with Crippen LogP contribution in [0.1, 0.15) is 50.9 Å². The van der Waals surface area contributed by atoms with Crippen LogP contribution in [0.5, 0.6) is 0 Å². The minimum Gasteiger partial charge on any atom is -0.349 e. The van der Waals surface area contributed by atoms with Gasteiger partial charge in [-0.05, 0) is 38.4 Å². The van der Waals surface area contributed by atoms with Gasteiger partial charge in [0.05, 0.1) is 10.6 Å². The van der Waals surface area contributed by atoms with Gasteiger partial charge in [-0.3, -0.25) is 14.4 Å². The molecule has 0 bridgehead atoms. The molecule has 32 heavy (non-hydrogen) atoms. The Kier molecular flexibility index (Phi) is 7.79. The summed E-state index contributed by atoms with van der Waals surface area (Å²) in [5, 5.41) is 9.81. The van der Waals surface area contributed by atoms with E-state index in [4.69, 9.17) is 10.3 Å². The number of nitrogens with one attached hydrogen (secondary N) is 2. The number of amides is 2. The molecule has 0 unspecified atom stereocenters. The molecule has 0 aliphatic heterocycles. The van der Waals surface area contributed by atoms with Crippen LogP contribution in [0.2, 0.25) is 0 Å². The number of aromatic nitrogens is 3. The standard InChI is InChI=1S/C21H24N6O4S/c1-12-17(11-28)32-21(23-12)26-18(29)10-16(7-4-8-22)25-20(30)15-6-3-5-14(9-15)19-24-13(2)31-27-19/h3,5-6,9,11,16H,4,7-8,10,22H2,1-2H3,(H,25,30)(H,23,26,29)/t16-/m0/s1. The first kappa shape index (κ1) is 23.2. The second kappa shape index (κ2) is 10.7. The summed E-state index contributed by atoms with van der Waals surface area (Å²) in [6.07, 6.45) is 1.93. The van der Waals surface area contributed by atoms with E-state index in [0.29, 0.717) is 64.2 Å². The van der Waals surface area contributed by atoms with Crippen molar-refractivity contribution in [2.24, 2.45) is 5.73 Å². The van der Waals surface area contributed by atoms with Gasteiger partial charge in [-0.1, -0.05) is 28.6 Å². The second-order valence-corrected chi connectivity index (χ2v) is 8.19. The third kappa shape index (κ3) is 6.05. The fourth-order valence-corrected chi connectivity index (χ4v) is 3.84. The molecule has 11 heteroatoms. The normalized spacial score (nSPS) is 11.7. The predicted molar refractivity (Wildman–Crippen MR) is 119 cm³/mol.